The van der Waals surface area contributed by atoms with Crippen molar-refractivity contribution in [2.45, 2.75) is 46.1 Å². The van der Waals surface area contributed by atoms with Crippen molar-refractivity contribution in [1.29, 1.82) is 0 Å². The minimum atomic E-state index is -0.656. The average Bonchev–Trinajstić information content (AvgIpc) is 2.80. The molecular weight excluding hydrogens is 442 g/mol. The number of halogens is 1. The number of nitrogens with one attached hydrogen (secondary N) is 1. The molecule has 0 aliphatic rings. The molecule has 2 aromatic heterocycles. The lowest BCUT2D eigenvalue weighted by molar-refractivity contribution is 0.514. The Morgan fingerprint density at radius 3 is 2.53 bits per heavy atom. The number of pyridine rings is 1. The fraction of sp³-hybridized carbons (Fsp3) is 0.250. The van der Waals surface area contributed by atoms with Crippen molar-refractivity contribution in [3.63, 3.8) is 0 Å². The van der Waals surface area contributed by atoms with Gasteiger partial charge in [0.05, 0.1) is 22.0 Å². The predicted molar refractivity (Wildman–Crippen MR) is 145 cm³/mol. The largest absolute Gasteiger partial charge is 0.366 e. The van der Waals surface area contributed by atoms with Gasteiger partial charge in [0.1, 0.15) is 5.82 Å². The molecule has 6 heteroatoms. The molecule has 0 bridgehead atoms. The molecular formula is C28H34ClN5. The Morgan fingerprint density at radius 2 is 1.91 bits per heavy atom. The Labute approximate surface area is 208 Å². The van der Waals surface area contributed by atoms with E-state index in [1.807, 2.05) is 64.3 Å². The maximum absolute atomic E-state index is 7.02. The molecule has 2 heterocycles. The summed E-state index contributed by atoms with van der Waals surface area (Å²) in [6.45, 7) is 19.1. The SMILES string of the molecule is C=C/C=C(\C=C)CCC(/C=C(/C)NC=C)=C(\Cl)c1cc(-c2ccnc(C(C)(C)N)n2)ncc1C. The van der Waals surface area contributed by atoms with Gasteiger partial charge in [0.15, 0.2) is 0 Å². The summed E-state index contributed by atoms with van der Waals surface area (Å²) in [6, 6.07) is 3.79. The fourth-order valence-corrected chi connectivity index (χ4v) is 3.63. The van der Waals surface area contributed by atoms with Crippen LogP contribution in [0.4, 0.5) is 0 Å². The zero-order valence-electron chi connectivity index (χ0n) is 20.5. The summed E-state index contributed by atoms with van der Waals surface area (Å²) in [5, 5.41) is 3.78. The van der Waals surface area contributed by atoms with Gasteiger partial charge < -0.3 is 11.1 Å². The molecule has 34 heavy (non-hydrogen) atoms. The number of nitrogens with zero attached hydrogens (tertiary/aromatic N) is 3. The smallest absolute Gasteiger partial charge is 0.148 e. The second kappa shape index (κ2) is 12.3. The summed E-state index contributed by atoms with van der Waals surface area (Å²) in [7, 11) is 0. The lowest BCUT2D eigenvalue weighted by Gasteiger charge is -2.17. The maximum Gasteiger partial charge on any atom is 0.148 e. The normalized spacial score (nSPS) is 13.2. The van der Waals surface area contributed by atoms with Gasteiger partial charge >= 0.3 is 0 Å². The molecule has 0 aromatic carbocycles. The first kappa shape index (κ1) is 27.0. The Kier molecular flexibility index (Phi) is 9.72. The van der Waals surface area contributed by atoms with Crippen LogP contribution in [-0.2, 0) is 5.54 Å². The van der Waals surface area contributed by atoms with Crippen LogP contribution in [0.15, 0.2) is 91.6 Å². The lowest BCUT2D eigenvalue weighted by atomic mass is 9.99. The molecule has 0 unspecified atom stereocenters. The van der Waals surface area contributed by atoms with Crippen LogP contribution in [-0.4, -0.2) is 15.0 Å². The molecule has 178 valence electrons. The Hall–Kier alpha value is -3.28. The van der Waals surface area contributed by atoms with Crippen molar-refractivity contribution in [2.24, 2.45) is 5.73 Å². The predicted octanol–water partition coefficient (Wildman–Crippen LogP) is 6.71. The van der Waals surface area contributed by atoms with E-state index in [4.69, 9.17) is 17.3 Å². The van der Waals surface area contributed by atoms with E-state index in [2.05, 4.69) is 40.0 Å². The molecule has 0 saturated heterocycles. The van der Waals surface area contributed by atoms with E-state index in [0.29, 0.717) is 22.2 Å². The summed E-state index contributed by atoms with van der Waals surface area (Å²) in [4.78, 5) is 13.5. The zero-order valence-corrected chi connectivity index (χ0v) is 21.3. The highest BCUT2D eigenvalue weighted by Gasteiger charge is 2.19. The van der Waals surface area contributed by atoms with Crippen molar-refractivity contribution in [2.75, 3.05) is 0 Å². The molecule has 0 radical (unpaired) electrons. The first-order valence-corrected chi connectivity index (χ1v) is 11.5. The minimum Gasteiger partial charge on any atom is -0.366 e. The maximum atomic E-state index is 7.02. The van der Waals surface area contributed by atoms with Gasteiger partial charge in [0.2, 0.25) is 0 Å². The van der Waals surface area contributed by atoms with Crippen molar-refractivity contribution >= 4 is 16.6 Å². The van der Waals surface area contributed by atoms with E-state index in [-0.39, 0.29) is 0 Å². The van der Waals surface area contributed by atoms with Gasteiger partial charge in [-0.1, -0.05) is 49.6 Å². The second-order valence-electron chi connectivity index (χ2n) is 8.57. The van der Waals surface area contributed by atoms with E-state index in [0.717, 1.165) is 40.8 Å². The molecule has 0 atom stereocenters. The van der Waals surface area contributed by atoms with E-state index in [1.54, 1.807) is 18.5 Å². The molecule has 2 rings (SSSR count). The quantitative estimate of drug-likeness (QED) is 0.353. The minimum absolute atomic E-state index is 0.552. The summed E-state index contributed by atoms with van der Waals surface area (Å²) in [6.07, 6.45) is 14.3. The van der Waals surface area contributed by atoms with Crippen LogP contribution in [0.3, 0.4) is 0 Å². The number of aryl methyl sites for hydroxylation is 1. The number of allylic oxidation sites excluding steroid dienone is 7. The number of hydrogen-bond donors (Lipinski definition) is 2. The van der Waals surface area contributed by atoms with Gasteiger partial charge in [-0.25, -0.2) is 9.97 Å². The molecule has 3 N–H and O–H groups in total. The van der Waals surface area contributed by atoms with Gasteiger partial charge in [-0.2, -0.15) is 0 Å². The summed E-state index contributed by atoms with van der Waals surface area (Å²) in [5.74, 6) is 0.552. The van der Waals surface area contributed by atoms with Crippen molar-refractivity contribution in [3.8, 4) is 11.4 Å². The summed E-state index contributed by atoms with van der Waals surface area (Å²) in [5.41, 5.74) is 11.8. The van der Waals surface area contributed by atoms with Crippen LogP contribution in [0.2, 0.25) is 0 Å². The second-order valence-corrected chi connectivity index (χ2v) is 8.95. The van der Waals surface area contributed by atoms with Crippen molar-refractivity contribution in [3.05, 3.63) is 109 Å². The van der Waals surface area contributed by atoms with Crippen LogP contribution in [0.5, 0.6) is 0 Å². The topological polar surface area (TPSA) is 76.7 Å². The Morgan fingerprint density at radius 1 is 1.18 bits per heavy atom. The zero-order chi connectivity index (χ0) is 25.3. The third-order valence-corrected chi connectivity index (χ3v) is 5.56. The van der Waals surface area contributed by atoms with Crippen molar-refractivity contribution in [1.82, 2.24) is 20.3 Å². The number of nitrogens with two attached hydrogens (primary N) is 1. The Balaban J connectivity index is 2.59. The molecule has 5 nitrogen and oxygen atoms in total. The molecule has 0 amide bonds. The number of hydrogen-bond acceptors (Lipinski definition) is 5. The Bertz CT molecular complexity index is 1150. The standard InChI is InChI=1S/C28H34ClN5/c1-8-11-21(9-2)12-13-22(16-20(5)31-10-3)26(29)23-17-25(33-18-19(23)4)24-14-15-32-27(34-24)28(6,7)30/h8-11,14-18,31H,1-3,12-13,30H2,4-7H3/b20-16-,21-11+,26-22+. The van der Waals surface area contributed by atoms with Crippen LogP contribution in [0, 0.1) is 6.92 Å². The fourth-order valence-electron chi connectivity index (χ4n) is 3.28. The van der Waals surface area contributed by atoms with Crippen molar-refractivity contribution < 1.29 is 0 Å². The van der Waals surface area contributed by atoms with Crippen LogP contribution < -0.4 is 11.1 Å². The highest BCUT2D eigenvalue weighted by atomic mass is 35.5. The monoisotopic (exact) mass is 475 g/mol. The highest BCUT2D eigenvalue weighted by Crippen LogP contribution is 2.32. The van der Waals surface area contributed by atoms with Gasteiger partial charge in [-0.15, -0.1) is 0 Å². The number of rotatable bonds is 11. The van der Waals surface area contributed by atoms with Gasteiger partial charge in [-0.05, 0) is 87.2 Å². The van der Waals surface area contributed by atoms with E-state index in [9.17, 15) is 0 Å². The van der Waals surface area contributed by atoms with E-state index >= 15 is 0 Å². The van der Waals surface area contributed by atoms with Crippen LogP contribution >= 0.6 is 11.6 Å². The summed E-state index contributed by atoms with van der Waals surface area (Å²) < 4.78 is 0. The average molecular weight is 476 g/mol. The molecule has 2 aromatic rings. The molecule has 0 fully saturated rings. The van der Waals surface area contributed by atoms with Crippen LogP contribution in [0.1, 0.15) is 50.6 Å². The molecule has 0 aliphatic carbocycles. The lowest BCUT2D eigenvalue weighted by Crippen LogP contribution is -2.31. The molecule has 0 saturated carbocycles. The highest BCUT2D eigenvalue weighted by molar-refractivity contribution is 6.49. The first-order valence-electron chi connectivity index (χ1n) is 11.1. The van der Waals surface area contributed by atoms with E-state index in [1.165, 1.54) is 0 Å². The van der Waals surface area contributed by atoms with E-state index < -0.39 is 5.54 Å². The third kappa shape index (κ3) is 7.37. The third-order valence-electron chi connectivity index (χ3n) is 5.11. The molecule has 0 aliphatic heterocycles. The van der Waals surface area contributed by atoms with Gasteiger partial charge in [0.25, 0.3) is 0 Å². The summed E-state index contributed by atoms with van der Waals surface area (Å²) >= 11 is 7.02. The number of aromatic nitrogens is 3. The van der Waals surface area contributed by atoms with Gasteiger partial charge in [0, 0.05) is 18.1 Å². The van der Waals surface area contributed by atoms with Crippen LogP contribution in [0.25, 0.3) is 16.4 Å². The first-order chi connectivity index (χ1) is 16.1. The molecule has 0 spiro atoms. The van der Waals surface area contributed by atoms with Gasteiger partial charge in [-0.3, -0.25) is 4.98 Å².